The maximum absolute atomic E-state index is 11.2. The molecule has 0 atom stereocenters. The fourth-order valence-corrected chi connectivity index (χ4v) is 2.25. The van der Waals surface area contributed by atoms with Crippen molar-refractivity contribution >= 4 is 31.3 Å². The Balaban J connectivity index is 3.27. The van der Waals surface area contributed by atoms with Crippen molar-refractivity contribution in [1.82, 2.24) is 0 Å². The first-order valence-electron chi connectivity index (χ1n) is 4.21. The number of rotatable bonds is 3. The summed E-state index contributed by atoms with van der Waals surface area (Å²) in [5.74, 6) is 0.212. The number of halogens is 2. The van der Waals surface area contributed by atoms with Gasteiger partial charge in [-0.25, -0.2) is 8.42 Å². The van der Waals surface area contributed by atoms with Gasteiger partial charge in [-0.1, -0.05) is 11.6 Å². The van der Waals surface area contributed by atoms with Crippen LogP contribution in [0.15, 0.2) is 23.1 Å². The molecule has 0 unspecified atom stereocenters. The molecule has 1 aromatic carbocycles. The third kappa shape index (κ3) is 3.55. The first-order chi connectivity index (χ1) is 6.80. The number of ether oxygens (including phenoxy) is 1. The molecule has 6 heteroatoms. The quantitative estimate of drug-likeness (QED) is 0.792. The summed E-state index contributed by atoms with van der Waals surface area (Å²) in [6.45, 7) is 3.58. The lowest BCUT2D eigenvalue weighted by Gasteiger charge is -2.12. The number of benzene rings is 1. The lowest BCUT2D eigenvalue weighted by atomic mass is 10.3. The van der Waals surface area contributed by atoms with Gasteiger partial charge in [-0.15, -0.1) is 0 Å². The van der Waals surface area contributed by atoms with E-state index >= 15 is 0 Å². The van der Waals surface area contributed by atoms with Crippen molar-refractivity contribution in [3.8, 4) is 5.75 Å². The highest BCUT2D eigenvalue weighted by Gasteiger charge is 2.18. The van der Waals surface area contributed by atoms with E-state index in [9.17, 15) is 8.42 Å². The van der Waals surface area contributed by atoms with E-state index in [1.54, 1.807) is 19.9 Å². The summed E-state index contributed by atoms with van der Waals surface area (Å²) >= 11 is 5.68. The van der Waals surface area contributed by atoms with Crippen LogP contribution in [0.5, 0.6) is 5.75 Å². The molecule has 0 saturated heterocycles. The molecule has 0 saturated carbocycles. The van der Waals surface area contributed by atoms with Crippen LogP contribution < -0.4 is 4.74 Å². The van der Waals surface area contributed by atoms with Gasteiger partial charge in [-0.05, 0) is 32.0 Å². The van der Waals surface area contributed by atoms with Crippen molar-refractivity contribution in [2.24, 2.45) is 0 Å². The fraction of sp³-hybridized carbons (Fsp3) is 0.333. The van der Waals surface area contributed by atoms with Gasteiger partial charge in [0.1, 0.15) is 10.6 Å². The molecule has 0 heterocycles. The van der Waals surface area contributed by atoms with E-state index in [-0.39, 0.29) is 16.7 Å². The van der Waals surface area contributed by atoms with E-state index < -0.39 is 9.05 Å². The van der Waals surface area contributed by atoms with Gasteiger partial charge in [0.05, 0.1) is 6.10 Å². The van der Waals surface area contributed by atoms with Gasteiger partial charge in [-0.3, -0.25) is 0 Å². The SMILES string of the molecule is CC(C)Oc1ccc(Cl)cc1S(=O)(=O)Cl. The third-order valence-electron chi connectivity index (χ3n) is 1.53. The molecule has 0 bridgehead atoms. The minimum absolute atomic E-state index is 0.106. The molecule has 0 aliphatic rings. The lowest BCUT2D eigenvalue weighted by molar-refractivity contribution is 0.236. The summed E-state index contributed by atoms with van der Waals surface area (Å²) in [6.07, 6.45) is -0.136. The molecule has 0 spiro atoms. The Bertz CT molecular complexity index is 454. The summed E-state index contributed by atoms with van der Waals surface area (Å²) < 4.78 is 27.7. The molecule has 1 rings (SSSR count). The summed E-state index contributed by atoms with van der Waals surface area (Å²) in [7, 11) is 1.41. The molecule has 0 amide bonds. The Labute approximate surface area is 98.4 Å². The first-order valence-corrected chi connectivity index (χ1v) is 6.90. The van der Waals surface area contributed by atoms with Crippen LogP contribution in [0.25, 0.3) is 0 Å². The van der Waals surface area contributed by atoms with Crippen molar-refractivity contribution in [3.63, 3.8) is 0 Å². The summed E-state index contributed by atoms with van der Waals surface area (Å²) in [4.78, 5) is -0.106. The maximum Gasteiger partial charge on any atom is 0.265 e. The van der Waals surface area contributed by atoms with Crippen molar-refractivity contribution < 1.29 is 13.2 Å². The molecule has 0 aliphatic heterocycles. The van der Waals surface area contributed by atoms with Crippen LogP contribution in [-0.4, -0.2) is 14.5 Å². The Morgan fingerprint density at radius 3 is 2.40 bits per heavy atom. The average molecular weight is 269 g/mol. The standard InChI is InChI=1S/C9H10Cl2O3S/c1-6(2)14-8-4-3-7(10)5-9(8)15(11,12)13/h3-6H,1-2H3. The molecular weight excluding hydrogens is 259 g/mol. The Morgan fingerprint density at radius 2 is 1.93 bits per heavy atom. The van der Waals surface area contributed by atoms with Gasteiger partial charge in [0.2, 0.25) is 0 Å². The monoisotopic (exact) mass is 268 g/mol. The molecular formula is C9H10Cl2O3S. The van der Waals surface area contributed by atoms with Crippen molar-refractivity contribution in [3.05, 3.63) is 23.2 Å². The van der Waals surface area contributed by atoms with Crippen LogP contribution in [0.1, 0.15) is 13.8 Å². The van der Waals surface area contributed by atoms with Crippen LogP contribution in [0.3, 0.4) is 0 Å². The summed E-state index contributed by atoms with van der Waals surface area (Å²) in [5.41, 5.74) is 0. The van der Waals surface area contributed by atoms with Crippen molar-refractivity contribution in [1.29, 1.82) is 0 Å². The van der Waals surface area contributed by atoms with Gasteiger partial charge in [-0.2, -0.15) is 0 Å². The van der Waals surface area contributed by atoms with Crippen LogP contribution in [0.4, 0.5) is 0 Å². The minimum Gasteiger partial charge on any atom is -0.490 e. The summed E-state index contributed by atoms with van der Waals surface area (Å²) in [5, 5.41) is 0.297. The second kappa shape index (κ2) is 4.60. The zero-order valence-electron chi connectivity index (χ0n) is 8.20. The molecule has 84 valence electrons. The average Bonchev–Trinajstić information content (AvgIpc) is 2.05. The van der Waals surface area contributed by atoms with E-state index in [0.29, 0.717) is 5.02 Å². The molecule has 0 aromatic heterocycles. The van der Waals surface area contributed by atoms with Gasteiger partial charge in [0.15, 0.2) is 0 Å². The van der Waals surface area contributed by atoms with E-state index in [1.807, 2.05) is 0 Å². The molecule has 15 heavy (non-hydrogen) atoms. The first kappa shape index (κ1) is 12.6. The zero-order chi connectivity index (χ0) is 11.6. The van der Waals surface area contributed by atoms with Crippen molar-refractivity contribution in [2.75, 3.05) is 0 Å². The smallest absolute Gasteiger partial charge is 0.265 e. The highest BCUT2D eigenvalue weighted by Crippen LogP contribution is 2.30. The van der Waals surface area contributed by atoms with Gasteiger partial charge >= 0.3 is 0 Å². The molecule has 0 aliphatic carbocycles. The molecule has 1 aromatic rings. The predicted molar refractivity (Wildman–Crippen MR) is 60.3 cm³/mol. The van der Waals surface area contributed by atoms with Crippen LogP contribution >= 0.6 is 22.3 Å². The second-order valence-electron chi connectivity index (χ2n) is 3.20. The third-order valence-corrected chi connectivity index (χ3v) is 3.11. The Kier molecular flexibility index (Phi) is 3.87. The maximum atomic E-state index is 11.2. The normalized spacial score (nSPS) is 11.8. The van der Waals surface area contributed by atoms with Gasteiger partial charge in [0.25, 0.3) is 9.05 Å². The molecule has 0 N–H and O–H groups in total. The Morgan fingerprint density at radius 1 is 1.33 bits per heavy atom. The van der Waals surface area contributed by atoms with Crippen molar-refractivity contribution in [2.45, 2.75) is 24.8 Å². The highest BCUT2D eigenvalue weighted by atomic mass is 35.7. The molecule has 0 fully saturated rings. The number of hydrogen-bond acceptors (Lipinski definition) is 3. The predicted octanol–water partition coefficient (Wildman–Crippen LogP) is 3.05. The largest absolute Gasteiger partial charge is 0.490 e. The number of hydrogen-bond donors (Lipinski definition) is 0. The van der Waals surface area contributed by atoms with E-state index in [1.165, 1.54) is 12.1 Å². The van der Waals surface area contributed by atoms with E-state index in [2.05, 4.69) is 0 Å². The highest BCUT2D eigenvalue weighted by molar-refractivity contribution is 8.13. The molecule has 0 radical (unpaired) electrons. The van der Waals surface area contributed by atoms with Gasteiger partial charge in [0, 0.05) is 15.7 Å². The molecule has 3 nitrogen and oxygen atoms in total. The second-order valence-corrected chi connectivity index (χ2v) is 6.17. The fourth-order valence-electron chi connectivity index (χ4n) is 1.02. The Hall–Kier alpha value is -0.450. The topological polar surface area (TPSA) is 43.4 Å². The lowest BCUT2D eigenvalue weighted by Crippen LogP contribution is -2.08. The zero-order valence-corrected chi connectivity index (χ0v) is 10.5. The van der Waals surface area contributed by atoms with Gasteiger partial charge < -0.3 is 4.74 Å². The minimum atomic E-state index is -3.84. The van der Waals surface area contributed by atoms with Crippen LogP contribution in [0, 0.1) is 0 Å². The van der Waals surface area contributed by atoms with E-state index in [4.69, 9.17) is 27.0 Å². The van der Waals surface area contributed by atoms with E-state index in [0.717, 1.165) is 0 Å². The summed E-state index contributed by atoms with van der Waals surface area (Å²) in [6, 6.07) is 4.30. The van der Waals surface area contributed by atoms with Crippen LogP contribution in [0.2, 0.25) is 5.02 Å². The van der Waals surface area contributed by atoms with Crippen LogP contribution in [-0.2, 0) is 9.05 Å².